The lowest BCUT2D eigenvalue weighted by Crippen LogP contribution is -2.06. The first-order chi connectivity index (χ1) is 12.3. The fourth-order valence-electron chi connectivity index (χ4n) is 2.33. The van der Waals surface area contributed by atoms with Crippen molar-refractivity contribution < 1.29 is 22.8 Å². The summed E-state index contributed by atoms with van der Waals surface area (Å²) in [6.45, 7) is 1.93. The van der Waals surface area contributed by atoms with Gasteiger partial charge in [0.1, 0.15) is 0 Å². The second kappa shape index (κ2) is 8.77. The topological polar surface area (TPSA) is 127 Å². The van der Waals surface area contributed by atoms with Gasteiger partial charge in [0.15, 0.2) is 23.1 Å². The number of unbranched alkanes of at least 4 members (excludes halogenated alkanes) is 1. The van der Waals surface area contributed by atoms with Crippen molar-refractivity contribution in [3.63, 3.8) is 0 Å². The van der Waals surface area contributed by atoms with Crippen molar-refractivity contribution in [2.24, 2.45) is 5.10 Å². The molecule has 0 spiro atoms. The zero-order chi connectivity index (χ0) is 19.2. The van der Waals surface area contributed by atoms with Crippen LogP contribution in [0.5, 0.6) is 11.5 Å². The first-order valence-electron chi connectivity index (χ1n) is 8.13. The van der Waals surface area contributed by atoms with Gasteiger partial charge in [0.2, 0.25) is 0 Å². The zero-order valence-electron chi connectivity index (χ0n) is 14.7. The number of hydrogen-bond acceptors (Lipinski definition) is 7. The van der Waals surface area contributed by atoms with Crippen LogP contribution in [0.1, 0.15) is 37.0 Å². The smallest absolute Gasteiger partial charge is 0.264 e. The van der Waals surface area contributed by atoms with E-state index in [4.69, 9.17) is 9.29 Å². The van der Waals surface area contributed by atoms with Crippen molar-refractivity contribution in [2.75, 3.05) is 12.9 Å². The molecule has 2 rings (SSSR count). The number of aromatic nitrogens is 3. The number of benzene rings is 1. The molecule has 0 aliphatic heterocycles. The number of phenols is 1. The van der Waals surface area contributed by atoms with Crippen LogP contribution in [-0.2, 0) is 23.0 Å². The van der Waals surface area contributed by atoms with Gasteiger partial charge in [-0.15, -0.1) is 10.2 Å². The van der Waals surface area contributed by atoms with Crippen LogP contribution in [0.25, 0.3) is 0 Å². The molecule has 10 heteroatoms. The Labute approximate surface area is 152 Å². The monoisotopic (exact) mass is 382 g/mol. The SMILES string of the molecule is CCc1nnc(CCCCS(=O)(=O)O)n1/N=C/c1ccc(O)c(OC)c1. The highest BCUT2D eigenvalue weighted by atomic mass is 32.2. The summed E-state index contributed by atoms with van der Waals surface area (Å²) < 4.78 is 37.0. The molecule has 0 unspecified atom stereocenters. The minimum atomic E-state index is -3.95. The summed E-state index contributed by atoms with van der Waals surface area (Å²) >= 11 is 0. The number of ether oxygens (including phenoxy) is 1. The third-order valence-electron chi connectivity index (χ3n) is 3.66. The van der Waals surface area contributed by atoms with Gasteiger partial charge in [-0.05, 0) is 36.6 Å². The summed E-state index contributed by atoms with van der Waals surface area (Å²) in [7, 11) is -2.48. The molecule has 26 heavy (non-hydrogen) atoms. The Morgan fingerprint density at radius 2 is 2.00 bits per heavy atom. The summed E-state index contributed by atoms with van der Waals surface area (Å²) in [4.78, 5) is 0. The lowest BCUT2D eigenvalue weighted by Gasteiger charge is -2.05. The molecule has 0 amide bonds. The Kier molecular flexibility index (Phi) is 6.70. The third kappa shape index (κ3) is 5.53. The van der Waals surface area contributed by atoms with Crippen LogP contribution in [0.15, 0.2) is 23.3 Å². The molecule has 1 aromatic carbocycles. The van der Waals surface area contributed by atoms with E-state index < -0.39 is 10.1 Å². The number of nitrogens with zero attached hydrogens (tertiary/aromatic N) is 4. The normalized spacial score (nSPS) is 12.0. The molecule has 1 aromatic heterocycles. The van der Waals surface area contributed by atoms with Crippen LogP contribution in [0.4, 0.5) is 0 Å². The van der Waals surface area contributed by atoms with Crippen LogP contribution < -0.4 is 4.74 Å². The average Bonchev–Trinajstić information content (AvgIpc) is 2.99. The molecule has 0 bridgehead atoms. The highest BCUT2D eigenvalue weighted by Crippen LogP contribution is 2.25. The van der Waals surface area contributed by atoms with E-state index in [0.717, 1.165) is 5.56 Å². The maximum absolute atomic E-state index is 10.8. The molecule has 9 nitrogen and oxygen atoms in total. The summed E-state index contributed by atoms with van der Waals surface area (Å²) in [5.74, 6) is 1.40. The zero-order valence-corrected chi connectivity index (χ0v) is 15.5. The van der Waals surface area contributed by atoms with Gasteiger partial charge in [-0.2, -0.15) is 13.5 Å². The van der Waals surface area contributed by atoms with E-state index in [-0.39, 0.29) is 11.5 Å². The quantitative estimate of drug-likeness (QED) is 0.383. The van der Waals surface area contributed by atoms with Crippen molar-refractivity contribution in [2.45, 2.75) is 32.6 Å². The number of methoxy groups -OCH3 is 1. The molecule has 0 aliphatic carbocycles. The Balaban J connectivity index is 2.13. The molecule has 0 radical (unpaired) electrons. The number of rotatable bonds is 9. The summed E-state index contributed by atoms with van der Waals surface area (Å²) in [6, 6.07) is 4.87. The molecule has 0 aliphatic rings. The van der Waals surface area contributed by atoms with Crippen molar-refractivity contribution in [1.82, 2.24) is 14.9 Å². The molecule has 0 saturated carbocycles. The fourth-order valence-corrected chi connectivity index (χ4v) is 2.89. The second-order valence-corrected chi connectivity index (χ2v) is 7.19. The molecule has 0 saturated heterocycles. The first-order valence-corrected chi connectivity index (χ1v) is 9.74. The van der Waals surface area contributed by atoms with Gasteiger partial charge >= 0.3 is 0 Å². The summed E-state index contributed by atoms with van der Waals surface area (Å²) in [5.41, 5.74) is 0.729. The van der Waals surface area contributed by atoms with Crippen LogP contribution in [0.3, 0.4) is 0 Å². The number of aryl methyl sites for hydroxylation is 2. The van der Waals surface area contributed by atoms with Gasteiger partial charge < -0.3 is 9.84 Å². The second-order valence-electron chi connectivity index (χ2n) is 5.62. The minimum absolute atomic E-state index is 0.0442. The minimum Gasteiger partial charge on any atom is -0.504 e. The van der Waals surface area contributed by atoms with E-state index >= 15 is 0 Å². The molecule has 1 heterocycles. The summed E-state index contributed by atoms with van der Waals surface area (Å²) in [5, 5.41) is 22.2. The predicted molar refractivity (Wildman–Crippen MR) is 96.4 cm³/mol. The molecule has 142 valence electrons. The molecule has 0 atom stereocenters. The van der Waals surface area contributed by atoms with E-state index in [0.29, 0.717) is 43.1 Å². The van der Waals surface area contributed by atoms with Crippen LogP contribution in [0, 0.1) is 0 Å². The standard InChI is InChI=1S/C16H22N4O5S/c1-3-15-18-19-16(6-4-5-9-26(22,23)24)20(15)17-11-12-7-8-13(21)14(10-12)25-2/h7-8,10-11,21H,3-6,9H2,1-2H3,(H,22,23,24)/b17-11+. The third-order valence-corrected chi connectivity index (χ3v) is 4.47. The summed E-state index contributed by atoms with van der Waals surface area (Å²) in [6.07, 6.45) is 3.58. The fraction of sp³-hybridized carbons (Fsp3) is 0.438. The molecular formula is C16H22N4O5S. The number of aromatic hydroxyl groups is 1. The number of hydrogen-bond donors (Lipinski definition) is 2. The van der Waals surface area contributed by atoms with Crippen molar-refractivity contribution in [3.8, 4) is 11.5 Å². The molecule has 0 fully saturated rings. The number of phenolic OH excluding ortho intramolecular Hbond substituents is 1. The van der Waals surface area contributed by atoms with Gasteiger partial charge in [0, 0.05) is 12.8 Å². The van der Waals surface area contributed by atoms with E-state index in [1.54, 1.807) is 23.0 Å². The Morgan fingerprint density at radius 1 is 1.27 bits per heavy atom. The lowest BCUT2D eigenvalue weighted by molar-refractivity contribution is 0.373. The van der Waals surface area contributed by atoms with Gasteiger partial charge in [-0.25, -0.2) is 4.68 Å². The van der Waals surface area contributed by atoms with Gasteiger partial charge in [0.05, 0.1) is 19.1 Å². The molecular weight excluding hydrogens is 360 g/mol. The largest absolute Gasteiger partial charge is 0.504 e. The van der Waals surface area contributed by atoms with Gasteiger partial charge in [-0.1, -0.05) is 6.92 Å². The first kappa shape index (κ1) is 19.9. The van der Waals surface area contributed by atoms with Crippen LogP contribution in [-0.4, -0.2) is 52.0 Å². The lowest BCUT2D eigenvalue weighted by atomic mass is 10.2. The molecule has 2 N–H and O–H groups in total. The van der Waals surface area contributed by atoms with Gasteiger partial charge in [-0.3, -0.25) is 4.55 Å². The van der Waals surface area contributed by atoms with Crippen molar-refractivity contribution in [1.29, 1.82) is 0 Å². The van der Waals surface area contributed by atoms with E-state index in [1.165, 1.54) is 13.2 Å². The van der Waals surface area contributed by atoms with E-state index in [1.807, 2.05) is 6.92 Å². The molecule has 2 aromatic rings. The Bertz CT molecular complexity index is 877. The highest BCUT2D eigenvalue weighted by Gasteiger charge is 2.11. The van der Waals surface area contributed by atoms with Crippen LogP contribution in [0.2, 0.25) is 0 Å². The maximum atomic E-state index is 10.8. The van der Waals surface area contributed by atoms with Crippen LogP contribution >= 0.6 is 0 Å². The van der Waals surface area contributed by atoms with Crippen molar-refractivity contribution in [3.05, 3.63) is 35.4 Å². The highest BCUT2D eigenvalue weighted by molar-refractivity contribution is 7.85. The maximum Gasteiger partial charge on any atom is 0.264 e. The Morgan fingerprint density at radius 3 is 2.65 bits per heavy atom. The Hall–Kier alpha value is -2.46. The van der Waals surface area contributed by atoms with Crippen molar-refractivity contribution >= 4 is 16.3 Å². The van der Waals surface area contributed by atoms with E-state index in [9.17, 15) is 13.5 Å². The van der Waals surface area contributed by atoms with Gasteiger partial charge in [0.25, 0.3) is 10.1 Å². The predicted octanol–water partition coefficient (Wildman–Crippen LogP) is 1.65. The van der Waals surface area contributed by atoms with E-state index in [2.05, 4.69) is 15.3 Å². The average molecular weight is 382 g/mol.